The predicted molar refractivity (Wildman–Crippen MR) is 57.7 cm³/mol. The van der Waals surface area contributed by atoms with E-state index in [0.29, 0.717) is 0 Å². The van der Waals surface area contributed by atoms with E-state index in [-0.39, 0.29) is 17.1 Å². The van der Waals surface area contributed by atoms with Crippen LogP contribution >= 0.6 is 0 Å². The van der Waals surface area contributed by atoms with Crippen molar-refractivity contribution in [3.63, 3.8) is 0 Å². The van der Waals surface area contributed by atoms with Gasteiger partial charge in [0, 0.05) is 6.07 Å². The minimum absolute atomic E-state index is 0.0120. The van der Waals surface area contributed by atoms with Gasteiger partial charge in [0.1, 0.15) is 17.6 Å². The molecule has 0 spiro atoms. The highest BCUT2D eigenvalue weighted by Crippen LogP contribution is 2.27. The number of unbranched alkanes of at least 4 members (excludes halogenated alkanes) is 2. The molecular formula is C12H15NO2. The number of phenols is 2. The summed E-state index contributed by atoms with van der Waals surface area (Å²) in [6, 6.07) is 4.70. The Balaban J connectivity index is 2.90. The minimum Gasteiger partial charge on any atom is -0.508 e. The van der Waals surface area contributed by atoms with Gasteiger partial charge in [0.25, 0.3) is 0 Å². The molecule has 0 aliphatic carbocycles. The fourth-order valence-corrected chi connectivity index (χ4v) is 1.56. The normalized spacial score (nSPS) is 9.87. The summed E-state index contributed by atoms with van der Waals surface area (Å²) < 4.78 is 0. The number of rotatable bonds is 4. The topological polar surface area (TPSA) is 64.2 Å². The maximum Gasteiger partial charge on any atom is 0.137 e. The van der Waals surface area contributed by atoms with Crippen LogP contribution in [0.15, 0.2) is 12.1 Å². The Bertz CT molecular complexity index is 380. The summed E-state index contributed by atoms with van der Waals surface area (Å²) in [5.41, 5.74) is 1.01. The Labute approximate surface area is 89.6 Å². The first-order valence-electron chi connectivity index (χ1n) is 5.14. The van der Waals surface area contributed by atoms with Gasteiger partial charge in [-0.2, -0.15) is 5.26 Å². The molecule has 1 aromatic rings. The fourth-order valence-electron chi connectivity index (χ4n) is 1.56. The zero-order chi connectivity index (χ0) is 11.3. The predicted octanol–water partition coefficient (Wildman–Crippen LogP) is 2.70. The van der Waals surface area contributed by atoms with Crippen molar-refractivity contribution in [2.24, 2.45) is 0 Å². The summed E-state index contributed by atoms with van der Waals surface area (Å²) in [6.45, 7) is 2.10. The molecule has 1 aromatic carbocycles. The highest BCUT2D eigenvalue weighted by Gasteiger charge is 2.09. The smallest absolute Gasteiger partial charge is 0.137 e. The number of aromatic hydroxyl groups is 2. The molecule has 15 heavy (non-hydrogen) atoms. The van der Waals surface area contributed by atoms with Crippen LogP contribution in [0.5, 0.6) is 11.5 Å². The van der Waals surface area contributed by atoms with Crippen LogP contribution in [-0.4, -0.2) is 10.2 Å². The third-order valence-electron chi connectivity index (χ3n) is 2.35. The summed E-state index contributed by atoms with van der Waals surface area (Å²) in [6.07, 6.45) is 3.88. The Morgan fingerprint density at radius 3 is 2.60 bits per heavy atom. The molecule has 80 valence electrons. The van der Waals surface area contributed by atoms with Crippen LogP contribution < -0.4 is 0 Å². The average molecular weight is 205 g/mol. The van der Waals surface area contributed by atoms with Gasteiger partial charge in [-0.25, -0.2) is 0 Å². The zero-order valence-corrected chi connectivity index (χ0v) is 8.82. The van der Waals surface area contributed by atoms with Crippen molar-refractivity contribution < 1.29 is 10.2 Å². The summed E-state index contributed by atoms with van der Waals surface area (Å²) in [5, 5.41) is 27.6. The van der Waals surface area contributed by atoms with Crippen LogP contribution in [0.4, 0.5) is 0 Å². The molecule has 0 aliphatic rings. The lowest BCUT2D eigenvalue weighted by atomic mass is 10.0. The van der Waals surface area contributed by atoms with E-state index in [2.05, 4.69) is 6.92 Å². The van der Waals surface area contributed by atoms with Gasteiger partial charge in [-0.3, -0.25) is 0 Å². The summed E-state index contributed by atoms with van der Waals surface area (Å²) >= 11 is 0. The van der Waals surface area contributed by atoms with Crippen LogP contribution in [0.2, 0.25) is 0 Å². The molecule has 0 bridgehead atoms. The van der Waals surface area contributed by atoms with Crippen LogP contribution in [-0.2, 0) is 6.42 Å². The van der Waals surface area contributed by atoms with Gasteiger partial charge in [-0.1, -0.05) is 19.8 Å². The molecule has 0 amide bonds. The third kappa shape index (κ3) is 2.88. The van der Waals surface area contributed by atoms with Crippen molar-refractivity contribution in [3.05, 3.63) is 23.3 Å². The van der Waals surface area contributed by atoms with Gasteiger partial charge in [0.15, 0.2) is 0 Å². The van der Waals surface area contributed by atoms with Crippen molar-refractivity contribution in [1.82, 2.24) is 0 Å². The highest BCUT2D eigenvalue weighted by atomic mass is 16.3. The monoisotopic (exact) mass is 205 g/mol. The number of phenolic OH excluding ortho intramolecular Hbond substituents is 2. The maximum absolute atomic E-state index is 9.45. The molecule has 0 heterocycles. The summed E-state index contributed by atoms with van der Waals surface area (Å²) in [5.74, 6) is -0.123. The van der Waals surface area contributed by atoms with Gasteiger partial charge in [0.2, 0.25) is 0 Å². The first kappa shape index (κ1) is 11.4. The van der Waals surface area contributed by atoms with E-state index in [9.17, 15) is 10.2 Å². The molecule has 0 aliphatic heterocycles. The molecule has 0 saturated carbocycles. The molecule has 0 saturated heterocycles. The van der Waals surface area contributed by atoms with E-state index >= 15 is 0 Å². The quantitative estimate of drug-likeness (QED) is 0.743. The second-order valence-electron chi connectivity index (χ2n) is 3.57. The van der Waals surface area contributed by atoms with Crippen LogP contribution in [0.3, 0.4) is 0 Å². The average Bonchev–Trinajstić information content (AvgIpc) is 2.17. The molecule has 0 atom stereocenters. The molecular weight excluding hydrogens is 190 g/mol. The lowest BCUT2D eigenvalue weighted by Crippen LogP contribution is -1.91. The van der Waals surface area contributed by atoms with E-state index in [0.717, 1.165) is 31.2 Å². The molecule has 2 N–H and O–H groups in total. The Hall–Kier alpha value is -1.69. The van der Waals surface area contributed by atoms with Crippen molar-refractivity contribution in [2.45, 2.75) is 32.6 Å². The first-order valence-corrected chi connectivity index (χ1v) is 5.14. The third-order valence-corrected chi connectivity index (χ3v) is 2.35. The summed E-state index contributed by atoms with van der Waals surface area (Å²) in [4.78, 5) is 0. The fraction of sp³-hybridized carbons (Fsp3) is 0.417. The van der Waals surface area contributed by atoms with Gasteiger partial charge < -0.3 is 10.2 Å². The Morgan fingerprint density at radius 1 is 1.27 bits per heavy atom. The highest BCUT2D eigenvalue weighted by molar-refractivity contribution is 5.52. The standard InChI is InChI=1S/C12H15NO2/c1-2-3-4-5-9-6-10(14)7-12(15)11(9)8-13/h6-7,14-15H,2-5H2,1H3. The summed E-state index contributed by atoms with van der Waals surface area (Å²) in [7, 11) is 0. The van der Waals surface area contributed by atoms with Gasteiger partial charge in [-0.05, 0) is 24.5 Å². The lowest BCUT2D eigenvalue weighted by Gasteiger charge is -2.06. The minimum atomic E-state index is -0.135. The Kier molecular flexibility index (Phi) is 3.99. The van der Waals surface area contributed by atoms with Gasteiger partial charge in [0.05, 0.1) is 5.56 Å². The number of aryl methyl sites for hydroxylation is 1. The maximum atomic E-state index is 9.45. The van der Waals surface area contributed by atoms with Crippen LogP contribution in [0, 0.1) is 11.3 Å². The van der Waals surface area contributed by atoms with Crippen molar-refractivity contribution in [1.29, 1.82) is 5.26 Å². The number of hydrogen-bond donors (Lipinski definition) is 2. The van der Waals surface area contributed by atoms with Crippen LogP contribution in [0.25, 0.3) is 0 Å². The molecule has 3 nitrogen and oxygen atoms in total. The molecule has 3 heteroatoms. The number of nitriles is 1. The van der Waals surface area contributed by atoms with E-state index < -0.39 is 0 Å². The number of benzene rings is 1. The second kappa shape index (κ2) is 5.26. The van der Waals surface area contributed by atoms with Gasteiger partial charge in [-0.15, -0.1) is 0 Å². The Morgan fingerprint density at radius 2 is 2.00 bits per heavy atom. The largest absolute Gasteiger partial charge is 0.508 e. The lowest BCUT2D eigenvalue weighted by molar-refractivity contribution is 0.447. The van der Waals surface area contributed by atoms with Crippen molar-refractivity contribution in [3.8, 4) is 17.6 Å². The van der Waals surface area contributed by atoms with E-state index in [1.807, 2.05) is 6.07 Å². The van der Waals surface area contributed by atoms with Gasteiger partial charge >= 0.3 is 0 Å². The van der Waals surface area contributed by atoms with E-state index in [1.165, 1.54) is 6.07 Å². The zero-order valence-electron chi connectivity index (χ0n) is 8.82. The van der Waals surface area contributed by atoms with E-state index in [1.54, 1.807) is 6.07 Å². The molecule has 0 fully saturated rings. The first-order chi connectivity index (χ1) is 7.19. The van der Waals surface area contributed by atoms with Crippen molar-refractivity contribution >= 4 is 0 Å². The SMILES string of the molecule is CCCCCc1cc(O)cc(O)c1C#N. The number of hydrogen-bond acceptors (Lipinski definition) is 3. The molecule has 0 radical (unpaired) electrons. The molecule has 0 aromatic heterocycles. The molecule has 0 unspecified atom stereocenters. The second-order valence-corrected chi connectivity index (χ2v) is 3.57. The molecule has 1 rings (SSSR count). The van der Waals surface area contributed by atoms with E-state index in [4.69, 9.17) is 5.26 Å². The van der Waals surface area contributed by atoms with Crippen molar-refractivity contribution in [2.75, 3.05) is 0 Å². The number of nitrogens with zero attached hydrogens (tertiary/aromatic N) is 1. The van der Waals surface area contributed by atoms with Crippen LogP contribution in [0.1, 0.15) is 37.3 Å².